The molecule has 0 aliphatic heterocycles. The lowest BCUT2D eigenvalue weighted by molar-refractivity contribution is 0.100. The fraction of sp³-hybridized carbons (Fsp3) is 0.706. The number of anilines is 2. The summed E-state index contributed by atoms with van der Waals surface area (Å²) in [6, 6.07) is 0.347. The van der Waals surface area contributed by atoms with Crippen LogP contribution in [0.2, 0.25) is 0 Å². The van der Waals surface area contributed by atoms with Crippen LogP contribution in [0.1, 0.15) is 55.3 Å². The third-order valence-electron chi connectivity index (χ3n) is 5.24. The van der Waals surface area contributed by atoms with Crippen LogP contribution in [0, 0.1) is 5.92 Å². The number of aliphatic hydroxyl groups is 2. The summed E-state index contributed by atoms with van der Waals surface area (Å²) < 4.78 is 0. The molecule has 1 heterocycles. The number of rotatable bonds is 6. The van der Waals surface area contributed by atoms with Crippen molar-refractivity contribution in [3.8, 4) is 0 Å². The Bertz CT molecular complexity index is 604. The lowest BCUT2D eigenvalue weighted by atomic mass is 9.86. The predicted octanol–water partition coefficient (Wildman–Crippen LogP) is 0.864. The van der Waals surface area contributed by atoms with Crippen molar-refractivity contribution in [2.24, 2.45) is 11.7 Å². The van der Waals surface area contributed by atoms with Gasteiger partial charge in [-0.2, -0.15) is 4.98 Å². The van der Waals surface area contributed by atoms with E-state index in [-0.39, 0.29) is 30.4 Å². The van der Waals surface area contributed by atoms with Crippen LogP contribution in [0.4, 0.5) is 11.8 Å². The van der Waals surface area contributed by atoms with Gasteiger partial charge in [0.25, 0.3) is 5.91 Å². The first-order chi connectivity index (χ1) is 12.0. The van der Waals surface area contributed by atoms with Gasteiger partial charge in [0.2, 0.25) is 5.95 Å². The molecule has 1 amide bonds. The van der Waals surface area contributed by atoms with E-state index in [9.17, 15) is 15.0 Å². The maximum atomic E-state index is 11.7. The van der Waals surface area contributed by atoms with Crippen molar-refractivity contribution in [2.45, 2.75) is 63.1 Å². The fourth-order valence-corrected chi connectivity index (χ4v) is 3.70. The molecule has 25 heavy (non-hydrogen) atoms. The van der Waals surface area contributed by atoms with E-state index >= 15 is 0 Å². The Balaban J connectivity index is 1.69. The number of nitrogens with two attached hydrogens (primary N) is 1. The fourth-order valence-electron chi connectivity index (χ4n) is 3.70. The van der Waals surface area contributed by atoms with Crippen LogP contribution in [0.25, 0.3) is 0 Å². The summed E-state index contributed by atoms with van der Waals surface area (Å²) in [5, 5.41) is 25.4. The second-order valence-corrected chi connectivity index (χ2v) is 7.17. The van der Waals surface area contributed by atoms with Crippen LogP contribution >= 0.6 is 0 Å². The average Bonchev–Trinajstić information content (AvgIpc) is 3.00. The smallest absolute Gasteiger partial charge is 0.254 e. The highest BCUT2D eigenvalue weighted by Crippen LogP contribution is 2.27. The van der Waals surface area contributed by atoms with Crippen molar-refractivity contribution in [3.63, 3.8) is 0 Å². The zero-order chi connectivity index (χ0) is 17.8. The molecule has 8 nitrogen and oxygen atoms in total. The molecule has 1 aromatic rings. The van der Waals surface area contributed by atoms with E-state index in [4.69, 9.17) is 5.73 Å². The predicted molar refractivity (Wildman–Crippen MR) is 94.3 cm³/mol. The van der Waals surface area contributed by atoms with Gasteiger partial charge in [0.05, 0.1) is 11.7 Å². The largest absolute Gasteiger partial charge is 0.396 e. The second-order valence-electron chi connectivity index (χ2n) is 7.17. The topological polar surface area (TPSA) is 133 Å². The number of hydrogen-bond donors (Lipinski definition) is 5. The zero-order valence-electron chi connectivity index (χ0n) is 14.3. The van der Waals surface area contributed by atoms with Gasteiger partial charge in [-0.05, 0) is 50.9 Å². The van der Waals surface area contributed by atoms with E-state index in [1.54, 1.807) is 0 Å². The Labute approximate surface area is 147 Å². The van der Waals surface area contributed by atoms with Gasteiger partial charge in [0.15, 0.2) is 0 Å². The number of hydrogen-bond acceptors (Lipinski definition) is 7. The minimum Gasteiger partial charge on any atom is -0.396 e. The Kier molecular flexibility index (Phi) is 5.70. The summed E-state index contributed by atoms with van der Waals surface area (Å²) in [7, 11) is 0. The normalized spacial score (nSPS) is 29.4. The Morgan fingerprint density at radius 2 is 1.88 bits per heavy atom. The SMILES string of the molecule is NC(=O)c1cnc(N[C@H]2CC[C@H](O)C2)nc1N[C@H]1CC[C@@H](CO)CC1. The minimum absolute atomic E-state index is 0.141. The molecule has 1 aromatic heterocycles. The number of aromatic nitrogens is 2. The summed E-state index contributed by atoms with van der Waals surface area (Å²) in [5.74, 6) is 0.700. The molecule has 0 unspecified atom stereocenters. The number of nitrogens with zero attached hydrogens (tertiary/aromatic N) is 2. The van der Waals surface area contributed by atoms with E-state index < -0.39 is 5.91 Å². The summed E-state index contributed by atoms with van der Waals surface area (Å²) in [6.45, 7) is 0.230. The second kappa shape index (κ2) is 7.97. The van der Waals surface area contributed by atoms with E-state index in [0.29, 0.717) is 24.1 Å². The average molecular weight is 349 g/mol. The van der Waals surface area contributed by atoms with Crippen molar-refractivity contribution in [3.05, 3.63) is 11.8 Å². The summed E-state index contributed by atoms with van der Waals surface area (Å²) in [6.07, 6.45) is 7.25. The monoisotopic (exact) mass is 349 g/mol. The van der Waals surface area contributed by atoms with Gasteiger partial charge in [-0.15, -0.1) is 0 Å². The molecule has 2 saturated carbocycles. The molecule has 2 aliphatic carbocycles. The molecular weight excluding hydrogens is 322 g/mol. The number of nitrogens with one attached hydrogen (secondary N) is 2. The maximum Gasteiger partial charge on any atom is 0.254 e. The molecule has 138 valence electrons. The Morgan fingerprint density at radius 3 is 2.48 bits per heavy atom. The molecular formula is C17H27N5O3. The molecule has 0 saturated heterocycles. The first-order valence-corrected chi connectivity index (χ1v) is 9.04. The highest BCUT2D eigenvalue weighted by atomic mass is 16.3. The number of carbonyl (C=O) groups excluding carboxylic acids is 1. The molecule has 3 rings (SSSR count). The molecule has 2 atom stereocenters. The van der Waals surface area contributed by atoms with Crippen molar-refractivity contribution < 1.29 is 15.0 Å². The molecule has 6 N–H and O–H groups in total. The summed E-state index contributed by atoms with van der Waals surface area (Å²) >= 11 is 0. The third kappa shape index (κ3) is 4.58. The highest BCUT2D eigenvalue weighted by Gasteiger charge is 2.25. The van der Waals surface area contributed by atoms with Crippen molar-refractivity contribution in [1.29, 1.82) is 0 Å². The standard InChI is InChI=1S/C17H27N5O3/c18-15(25)14-8-19-17(21-12-5-6-13(24)7-12)22-16(14)20-11-3-1-10(9-23)2-4-11/h8,10-13,23-24H,1-7,9H2,(H2,18,25)(H2,19,20,21,22)/t10-,11+,12-,13-/m0/s1. The summed E-state index contributed by atoms with van der Waals surface area (Å²) in [5.41, 5.74) is 5.73. The molecule has 0 bridgehead atoms. The Morgan fingerprint density at radius 1 is 1.16 bits per heavy atom. The quantitative estimate of drug-likeness (QED) is 0.514. The van der Waals surface area contributed by atoms with Crippen LogP contribution in [-0.4, -0.2) is 50.9 Å². The molecule has 2 aliphatic rings. The van der Waals surface area contributed by atoms with E-state index in [1.165, 1.54) is 6.20 Å². The molecule has 0 radical (unpaired) electrons. The van der Waals surface area contributed by atoms with Gasteiger partial charge in [0, 0.05) is 24.9 Å². The molecule has 0 aromatic carbocycles. The van der Waals surface area contributed by atoms with Crippen LogP contribution in [0.15, 0.2) is 6.20 Å². The Hall–Kier alpha value is -1.93. The lowest BCUT2D eigenvalue weighted by Gasteiger charge is -2.28. The number of amides is 1. The van der Waals surface area contributed by atoms with E-state index in [0.717, 1.165) is 38.5 Å². The van der Waals surface area contributed by atoms with Gasteiger partial charge in [-0.1, -0.05) is 0 Å². The van der Waals surface area contributed by atoms with E-state index in [2.05, 4.69) is 20.6 Å². The number of carbonyl (C=O) groups is 1. The van der Waals surface area contributed by atoms with Gasteiger partial charge < -0.3 is 26.6 Å². The first-order valence-electron chi connectivity index (χ1n) is 9.04. The van der Waals surface area contributed by atoms with Crippen molar-refractivity contribution >= 4 is 17.7 Å². The summed E-state index contributed by atoms with van der Waals surface area (Å²) in [4.78, 5) is 20.3. The van der Waals surface area contributed by atoms with E-state index in [1.807, 2.05) is 0 Å². The lowest BCUT2D eigenvalue weighted by Crippen LogP contribution is -2.29. The van der Waals surface area contributed by atoms with Crippen LogP contribution in [-0.2, 0) is 0 Å². The van der Waals surface area contributed by atoms with Gasteiger partial charge >= 0.3 is 0 Å². The molecule has 2 fully saturated rings. The van der Waals surface area contributed by atoms with Crippen molar-refractivity contribution in [2.75, 3.05) is 17.2 Å². The third-order valence-corrected chi connectivity index (χ3v) is 5.24. The first kappa shape index (κ1) is 17.9. The number of primary amides is 1. The maximum absolute atomic E-state index is 11.7. The minimum atomic E-state index is -0.561. The van der Waals surface area contributed by atoms with Gasteiger partial charge in [-0.3, -0.25) is 4.79 Å². The van der Waals surface area contributed by atoms with Crippen LogP contribution in [0.3, 0.4) is 0 Å². The van der Waals surface area contributed by atoms with Gasteiger partial charge in [-0.25, -0.2) is 4.98 Å². The van der Waals surface area contributed by atoms with Gasteiger partial charge in [0.1, 0.15) is 5.82 Å². The van der Waals surface area contributed by atoms with Crippen LogP contribution in [0.5, 0.6) is 0 Å². The number of aliphatic hydroxyl groups excluding tert-OH is 2. The highest BCUT2D eigenvalue weighted by molar-refractivity contribution is 5.97. The van der Waals surface area contributed by atoms with Crippen molar-refractivity contribution in [1.82, 2.24) is 9.97 Å². The molecule has 8 heteroatoms. The molecule has 0 spiro atoms. The zero-order valence-corrected chi connectivity index (χ0v) is 14.3. The van der Waals surface area contributed by atoms with Crippen LogP contribution < -0.4 is 16.4 Å².